The van der Waals surface area contributed by atoms with Crippen molar-refractivity contribution < 1.29 is 33.4 Å². The molecule has 3 N–H and O–H groups in total. The van der Waals surface area contributed by atoms with Gasteiger partial charge in [-0.25, -0.2) is 4.39 Å². The van der Waals surface area contributed by atoms with E-state index in [-0.39, 0.29) is 42.2 Å². The number of halogens is 1. The molecule has 2 aromatic rings. The molecule has 0 heterocycles. The quantitative estimate of drug-likeness (QED) is 0.458. The van der Waals surface area contributed by atoms with Crippen LogP contribution in [0.15, 0.2) is 36.4 Å². The van der Waals surface area contributed by atoms with Gasteiger partial charge in [-0.1, -0.05) is 0 Å². The number of benzene rings is 2. The third-order valence-corrected chi connectivity index (χ3v) is 6.92. The highest BCUT2D eigenvalue weighted by molar-refractivity contribution is 6.06. The van der Waals surface area contributed by atoms with Gasteiger partial charge >= 0.3 is 0 Å². The number of rotatable bonds is 9. The molecule has 4 rings (SSSR count). The number of hydrogen-bond acceptors (Lipinski definition) is 6. The third-order valence-electron chi connectivity index (χ3n) is 6.92. The molecule has 0 saturated heterocycles. The second kappa shape index (κ2) is 10.7. The zero-order valence-electron chi connectivity index (χ0n) is 20.4. The summed E-state index contributed by atoms with van der Waals surface area (Å²) in [4.78, 5) is 36.4. The fraction of sp³-hybridized carbons (Fsp3) is 0.444. The maximum Gasteiger partial charge on any atom is 0.251 e. The van der Waals surface area contributed by atoms with E-state index in [4.69, 9.17) is 9.47 Å². The first-order valence-corrected chi connectivity index (χ1v) is 12.2. The number of ether oxygens (including phenoxy) is 2. The van der Waals surface area contributed by atoms with E-state index < -0.39 is 23.2 Å². The number of nitrogens with one attached hydrogen (secondary N) is 2. The zero-order chi connectivity index (χ0) is 25.9. The predicted molar refractivity (Wildman–Crippen MR) is 130 cm³/mol. The van der Waals surface area contributed by atoms with Crippen molar-refractivity contribution in [2.75, 3.05) is 19.7 Å². The predicted octanol–water partition coefficient (Wildman–Crippen LogP) is 2.94. The smallest absolute Gasteiger partial charge is 0.251 e. The second-order valence-electron chi connectivity index (χ2n) is 9.31. The average molecular weight is 499 g/mol. The van der Waals surface area contributed by atoms with Crippen LogP contribution in [-0.4, -0.2) is 54.6 Å². The van der Waals surface area contributed by atoms with Gasteiger partial charge in [0.25, 0.3) is 11.8 Å². The van der Waals surface area contributed by atoms with Crippen molar-refractivity contribution in [1.29, 1.82) is 0 Å². The summed E-state index contributed by atoms with van der Waals surface area (Å²) >= 11 is 0. The fourth-order valence-electron chi connectivity index (χ4n) is 4.70. The van der Waals surface area contributed by atoms with Crippen LogP contribution in [-0.2, 0) is 4.79 Å². The maximum absolute atomic E-state index is 14.6. The number of hydrogen-bond donors (Lipinski definition) is 3. The van der Waals surface area contributed by atoms with Crippen LogP contribution in [0.25, 0.3) is 0 Å². The molecule has 2 aliphatic carbocycles. The Morgan fingerprint density at radius 2 is 1.58 bits per heavy atom. The van der Waals surface area contributed by atoms with Crippen molar-refractivity contribution in [2.45, 2.75) is 51.7 Å². The standard InChI is InChI=1S/C27H31FN2O6/c1-3-35-21-6-4-17(14-16(21)2)25(33)29-12-13-30-26(34)18-5-7-22(20(28)15-18)36-19-8-10-27(11-9-19)23(31)24(27)32/h4-7,14-15,19,23,31H,3,8-13H2,1-2H3,(H,29,33)(H,30,34). The Kier molecular flexibility index (Phi) is 7.59. The van der Waals surface area contributed by atoms with Crippen LogP contribution in [0.2, 0.25) is 0 Å². The lowest BCUT2D eigenvalue weighted by molar-refractivity contribution is -0.115. The first kappa shape index (κ1) is 25.6. The largest absolute Gasteiger partial charge is 0.494 e. The van der Waals surface area contributed by atoms with E-state index in [0.717, 1.165) is 17.4 Å². The number of aliphatic hydroxyl groups is 1. The number of Topliss-reactive ketones (excluding diaryl/α,β-unsaturated/α-hetero) is 1. The number of amides is 2. The highest BCUT2D eigenvalue weighted by Gasteiger charge is 2.64. The molecule has 8 nitrogen and oxygen atoms in total. The van der Waals surface area contributed by atoms with Gasteiger partial charge in [-0.15, -0.1) is 0 Å². The van der Waals surface area contributed by atoms with Gasteiger partial charge in [-0.2, -0.15) is 0 Å². The minimum absolute atomic E-state index is 0.0492. The molecule has 192 valence electrons. The number of aryl methyl sites for hydroxylation is 1. The van der Waals surface area contributed by atoms with Gasteiger partial charge in [0.15, 0.2) is 17.3 Å². The lowest BCUT2D eigenvalue weighted by Gasteiger charge is -2.28. The Hall–Kier alpha value is -3.46. The van der Waals surface area contributed by atoms with Crippen molar-refractivity contribution in [3.8, 4) is 11.5 Å². The number of carbonyl (C=O) groups excluding carboxylic acids is 3. The topological polar surface area (TPSA) is 114 Å². The summed E-state index contributed by atoms with van der Waals surface area (Å²) in [6.45, 7) is 4.68. The molecule has 2 aromatic carbocycles. The molecule has 1 spiro atoms. The Bertz CT molecular complexity index is 1160. The molecule has 9 heteroatoms. The molecular weight excluding hydrogens is 467 g/mol. The molecule has 0 aromatic heterocycles. The van der Waals surface area contributed by atoms with Gasteiger partial charge < -0.3 is 25.2 Å². The average Bonchev–Trinajstić information content (AvgIpc) is 3.37. The van der Waals surface area contributed by atoms with Gasteiger partial charge in [0.05, 0.1) is 18.1 Å². The molecule has 0 aliphatic heterocycles. The Morgan fingerprint density at radius 1 is 1.03 bits per heavy atom. The van der Waals surface area contributed by atoms with Crippen LogP contribution in [0.4, 0.5) is 4.39 Å². The molecular formula is C27H31FN2O6. The molecule has 2 amide bonds. The van der Waals surface area contributed by atoms with Crippen LogP contribution in [0.5, 0.6) is 11.5 Å². The van der Waals surface area contributed by atoms with E-state index in [9.17, 15) is 23.9 Å². The van der Waals surface area contributed by atoms with Crippen LogP contribution < -0.4 is 20.1 Å². The van der Waals surface area contributed by atoms with Crippen molar-refractivity contribution in [3.05, 3.63) is 58.9 Å². The lowest BCUT2D eigenvalue weighted by atomic mass is 9.84. The van der Waals surface area contributed by atoms with Gasteiger partial charge in [-0.3, -0.25) is 14.4 Å². The van der Waals surface area contributed by atoms with Crippen LogP contribution in [0.1, 0.15) is 58.9 Å². The van der Waals surface area contributed by atoms with E-state index >= 15 is 0 Å². The summed E-state index contributed by atoms with van der Waals surface area (Å²) in [6.07, 6.45) is 1.09. The first-order valence-electron chi connectivity index (χ1n) is 12.2. The Labute approximate surface area is 209 Å². The normalized spacial score (nSPS) is 22.7. The lowest BCUT2D eigenvalue weighted by Crippen LogP contribution is -2.34. The van der Waals surface area contributed by atoms with Crippen LogP contribution >= 0.6 is 0 Å². The van der Waals surface area contributed by atoms with Crippen LogP contribution in [0.3, 0.4) is 0 Å². The summed E-state index contributed by atoms with van der Waals surface area (Å²) in [7, 11) is 0. The van der Waals surface area contributed by atoms with E-state index in [1.54, 1.807) is 18.2 Å². The Balaban J connectivity index is 1.21. The van der Waals surface area contributed by atoms with Gasteiger partial charge in [0.2, 0.25) is 0 Å². The van der Waals surface area contributed by atoms with Gasteiger partial charge in [0, 0.05) is 24.2 Å². The summed E-state index contributed by atoms with van der Waals surface area (Å²) < 4.78 is 25.8. The summed E-state index contributed by atoms with van der Waals surface area (Å²) in [6, 6.07) is 9.18. The maximum atomic E-state index is 14.6. The fourth-order valence-corrected chi connectivity index (χ4v) is 4.70. The van der Waals surface area contributed by atoms with Crippen molar-refractivity contribution in [3.63, 3.8) is 0 Å². The molecule has 1 unspecified atom stereocenters. The number of aliphatic hydroxyl groups excluding tert-OH is 1. The zero-order valence-corrected chi connectivity index (χ0v) is 20.4. The highest BCUT2D eigenvalue weighted by Crippen LogP contribution is 2.53. The first-order chi connectivity index (χ1) is 17.2. The van der Waals surface area contributed by atoms with Crippen molar-refractivity contribution in [2.24, 2.45) is 5.41 Å². The molecule has 36 heavy (non-hydrogen) atoms. The SMILES string of the molecule is CCOc1ccc(C(=O)NCCNC(=O)c2ccc(OC3CCC4(CC3)C(=O)C4O)c(F)c2)cc1C. The van der Waals surface area contributed by atoms with Crippen molar-refractivity contribution >= 4 is 17.6 Å². The molecule has 2 aliphatic rings. The molecule has 2 fully saturated rings. The monoisotopic (exact) mass is 498 g/mol. The Morgan fingerprint density at radius 3 is 2.08 bits per heavy atom. The number of carbonyl (C=O) groups is 3. The van der Waals surface area contributed by atoms with Gasteiger partial charge in [-0.05, 0) is 81.5 Å². The molecule has 0 radical (unpaired) electrons. The van der Waals surface area contributed by atoms with E-state index in [0.29, 0.717) is 37.9 Å². The van der Waals surface area contributed by atoms with E-state index in [1.807, 2.05) is 13.8 Å². The number of ketones is 1. The summed E-state index contributed by atoms with van der Waals surface area (Å²) in [5.74, 6) is -0.706. The minimum atomic E-state index is -0.863. The molecule has 1 atom stereocenters. The van der Waals surface area contributed by atoms with E-state index in [1.165, 1.54) is 12.1 Å². The molecule has 0 bridgehead atoms. The summed E-state index contributed by atoms with van der Waals surface area (Å²) in [5.41, 5.74) is 0.888. The van der Waals surface area contributed by atoms with Crippen molar-refractivity contribution in [1.82, 2.24) is 10.6 Å². The summed E-state index contributed by atoms with van der Waals surface area (Å²) in [5, 5.41) is 15.1. The van der Waals surface area contributed by atoms with Crippen LogP contribution in [0, 0.1) is 18.2 Å². The van der Waals surface area contributed by atoms with Gasteiger partial charge in [0.1, 0.15) is 11.9 Å². The minimum Gasteiger partial charge on any atom is -0.494 e. The second-order valence-corrected chi connectivity index (χ2v) is 9.31. The molecule has 2 saturated carbocycles. The highest BCUT2D eigenvalue weighted by atomic mass is 19.1. The van der Waals surface area contributed by atoms with E-state index in [2.05, 4.69) is 10.6 Å². The third kappa shape index (κ3) is 5.36.